The largest absolute Gasteiger partial charge is 0.457 e. The molecule has 18 nitrogen and oxygen atoms in total. The normalized spacial score (nSPS) is 13.7. The lowest BCUT2D eigenvalue weighted by atomic mass is 9.55. The second kappa shape index (κ2) is 35.1. The molecule has 6 aliphatic heterocycles. The maximum Gasteiger partial charge on any atom is 0.399 e. The third-order valence-electron chi connectivity index (χ3n) is 24.5. The minimum atomic E-state index is 0.173. The molecule has 0 spiro atoms. The van der Waals surface area contributed by atoms with Crippen LogP contribution < -0.4 is 125 Å². The molecule has 0 fully saturated rings. The molecule has 4 aromatic carbocycles. The molecule has 0 amide bonds. The second-order valence-corrected chi connectivity index (χ2v) is 33.3. The molecule has 0 unspecified atom stereocenters. The van der Waals surface area contributed by atoms with Crippen LogP contribution in [0.15, 0.2) is 274 Å². The van der Waals surface area contributed by atoms with Gasteiger partial charge in [0, 0.05) is 120 Å². The molecular weight excluding hydrogens is 1530 g/mol. The average Bonchev–Trinajstić information content (AvgIpc) is 1.62. The molecule has 16 aromatic rings. The van der Waals surface area contributed by atoms with Gasteiger partial charge in [-0.2, -0.15) is 0 Å². The fourth-order valence-corrected chi connectivity index (χ4v) is 17.6. The third-order valence-corrected chi connectivity index (χ3v) is 24.5. The van der Waals surface area contributed by atoms with Crippen molar-refractivity contribution in [2.75, 3.05) is 42.3 Å². The van der Waals surface area contributed by atoms with Crippen molar-refractivity contribution < 1.29 is 45.1 Å². The van der Waals surface area contributed by atoms with Crippen molar-refractivity contribution in [3.8, 4) is 0 Å². The van der Waals surface area contributed by atoms with Crippen molar-refractivity contribution in [1.29, 1.82) is 0 Å². The molecule has 0 radical (unpaired) electrons. The van der Waals surface area contributed by atoms with E-state index < -0.39 is 0 Å². The molecular formula is C100H102B6N14O4+6. The molecule has 124 heavy (non-hydrogen) atoms. The van der Waals surface area contributed by atoms with Crippen LogP contribution in [-0.2, 0) is 42.3 Å². The highest BCUT2D eigenvalue weighted by atomic mass is 16.3. The molecule has 6 aliphatic rings. The first-order valence-corrected chi connectivity index (χ1v) is 42.2. The van der Waals surface area contributed by atoms with Crippen LogP contribution in [0.4, 0.5) is 0 Å². The molecule has 608 valence electrons. The highest BCUT2D eigenvalue weighted by molar-refractivity contribution is 6.85. The summed E-state index contributed by atoms with van der Waals surface area (Å²) in [6, 6.07) is 68.8. The molecule has 0 saturated carbocycles. The van der Waals surface area contributed by atoms with E-state index in [2.05, 4.69) is 416 Å². The smallest absolute Gasteiger partial charge is 0.399 e. The maximum absolute atomic E-state index is 6.06. The number of furan rings is 4. The van der Waals surface area contributed by atoms with Gasteiger partial charge in [0.1, 0.15) is 86.3 Å². The van der Waals surface area contributed by atoms with Gasteiger partial charge in [-0.15, -0.1) is 0 Å². The van der Waals surface area contributed by atoms with Crippen LogP contribution >= 0.6 is 0 Å². The van der Waals surface area contributed by atoms with Crippen LogP contribution in [0.1, 0.15) is 22.3 Å². The summed E-state index contributed by atoms with van der Waals surface area (Å²) >= 11 is 0. The second-order valence-electron chi connectivity index (χ2n) is 33.3. The van der Waals surface area contributed by atoms with E-state index in [4.69, 9.17) is 17.7 Å². The number of hydrogen-bond donors (Lipinski definition) is 0. The average molecular weight is 1630 g/mol. The Balaban J connectivity index is 0.000000106. The van der Waals surface area contributed by atoms with E-state index in [0.717, 1.165) is 49.3 Å². The predicted molar refractivity (Wildman–Crippen MR) is 506 cm³/mol. The van der Waals surface area contributed by atoms with Crippen molar-refractivity contribution in [1.82, 2.24) is 38.8 Å². The summed E-state index contributed by atoms with van der Waals surface area (Å²) in [4.78, 5) is 22.0. The molecule has 0 saturated heterocycles. The topological polar surface area (TPSA) is 121 Å². The van der Waals surface area contributed by atoms with E-state index in [1.54, 1.807) is 0 Å². The van der Waals surface area contributed by atoms with E-state index in [-0.39, 0.29) is 41.1 Å². The van der Waals surface area contributed by atoms with E-state index >= 15 is 0 Å². The summed E-state index contributed by atoms with van der Waals surface area (Å²) < 4.78 is 37.2. The molecule has 0 atom stereocenters. The Labute approximate surface area is 725 Å². The van der Waals surface area contributed by atoms with Gasteiger partial charge in [-0.1, -0.05) is 109 Å². The number of hydrogen-bond acceptors (Lipinski definition) is 12. The van der Waals surface area contributed by atoms with Crippen LogP contribution in [0.3, 0.4) is 0 Å². The zero-order chi connectivity index (χ0) is 86.1. The number of benzene rings is 4. The predicted octanol–water partition coefficient (Wildman–Crippen LogP) is -0.514. The first-order valence-electron chi connectivity index (χ1n) is 42.2. The van der Waals surface area contributed by atoms with Gasteiger partial charge < -0.3 is 46.5 Å². The minimum absolute atomic E-state index is 0.173. The SMILES string of the molecule is CN1C=c2c(oc3ccccc23)=CB1c1cccc[n+]1C.CN1C=c2cnccc2=CB1c1cccc[n+]1C.CN1C=c2ncccc2=CB1c1cccc[n+]1C.Cc1cc(B2C=c3oc4ccccc4c3=CN2C)[n+](C)cc1C.Cc1cc[n+](C)c(B2C=c3oc4ccccc4c3=CN2C)c1.Cc1ccc(B2C=c3oc4ccccc4c3=CN2C)[n+](C)c1. The van der Waals surface area contributed by atoms with E-state index in [0.29, 0.717) is 0 Å². The lowest BCUT2D eigenvalue weighted by Crippen LogP contribution is -2.61. The Bertz CT molecular complexity index is 7550. The Morgan fingerprint density at radius 2 is 0.653 bits per heavy atom. The molecule has 18 heterocycles. The van der Waals surface area contributed by atoms with Gasteiger partial charge in [-0.3, -0.25) is 9.97 Å². The van der Waals surface area contributed by atoms with E-state index in [1.807, 2.05) is 91.4 Å². The van der Waals surface area contributed by atoms with E-state index in [9.17, 15) is 0 Å². The van der Waals surface area contributed by atoms with Gasteiger partial charge in [-0.25, -0.2) is 27.4 Å². The minimum Gasteiger partial charge on any atom is -0.457 e. The maximum atomic E-state index is 6.06. The monoisotopic (exact) mass is 1630 g/mol. The van der Waals surface area contributed by atoms with Gasteiger partial charge in [-0.05, 0) is 213 Å². The highest BCUT2D eigenvalue weighted by Crippen LogP contribution is 2.15. The molecule has 12 aromatic heterocycles. The third kappa shape index (κ3) is 16.8. The first kappa shape index (κ1) is 82.2. The van der Waals surface area contributed by atoms with Gasteiger partial charge in [0.05, 0.1) is 5.35 Å². The summed E-state index contributed by atoms with van der Waals surface area (Å²) in [6.45, 7) is 9.80. The van der Waals surface area contributed by atoms with Crippen molar-refractivity contribution in [3.05, 3.63) is 342 Å². The summed E-state index contributed by atoms with van der Waals surface area (Å²) in [5.41, 5.74) is 20.3. The van der Waals surface area contributed by atoms with Crippen LogP contribution in [-0.4, -0.2) is 122 Å². The van der Waals surface area contributed by atoms with Crippen LogP contribution in [0.25, 0.3) is 117 Å². The van der Waals surface area contributed by atoms with E-state index in [1.165, 1.54) is 114 Å². The quantitative estimate of drug-likeness (QED) is 0.158. The van der Waals surface area contributed by atoms with Crippen molar-refractivity contribution in [2.24, 2.45) is 42.3 Å². The van der Waals surface area contributed by atoms with Gasteiger partial charge >= 0.3 is 41.1 Å². The number of para-hydroxylation sites is 4. The van der Waals surface area contributed by atoms with Crippen LogP contribution in [0, 0.1) is 27.7 Å². The fraction of sp³-hybridized carbons (Fsp3) is 0.160. The number of aryl methyl sites for hydroxylation is 10. The Morgan fingerprint density at radius 3 is 1.10 bits per heavy atom. The molecule has 22 rings (SSSR count). The zero-order valence-electron chi connectivity index (χ0n) is 73.5. The molecule has 0 N–H and O–H groups in total. The highest BCUT2D eigenvalue weighted by Gasteiger charge is 2.36. The number of aromatic nitrogens is 8. The Hall–Kier alpha value is -14.1. The lowest BCUT2D eigenvalue weighted by molar-refractivity contribution is -0.654. The summed E-state index contributed by atoms with van der Waals surface area (Å²) in [5, 5.41) is 14.0. The van der Waals surface area contributed by atoms with Crippen molar-refractivity contribution >= 4 is 192 Å². The molecule has 0 aliphatic carbocycles. The summed E-state index contributed by atoms with van der Waals surface area (Å²) in [6.07, 6.45) is 31.3. The fourth-order valence-electron chi connectivity index (χ4n) is 17.6. The van der Waals surface area contributed by atoms with Gasteiger partial charge in [0.2, 0.25) is 0 Å². The lowest BCUT2D eigenvalue weighted by Gasteiger charge is -2.21. The summed E-state index contributed by atoms with van der Waals surface area (Å²) in [5.74, 6) is 13.4. The zero-order valence-corrected chi connectivity index (χ0v) is 73.5. The summed E-state index contributed by atoms with van der Waals surface area (Å²) in [7, 11) is 25.2. The number of pyridine rings is 8. The Kier molecular flexibility index (Phi) is 23.3. The first-order chi connectivity index (χ1) is 60.0. The van der Waals surface area contributed by atoms with Crippen molar-refractivity contribution in [3.63, 3.8) is 0 Å². The van der Waals surface area contributed by atoms with Crippen LogP contribution in [0.2, 0.25) is 0 Å². The number of rotatable bonds is 6. The Morgan fingerprint density at radius 1 is 0.282 bits per heavy atom. The van der Waals surface area contributed by atoms with Crippen molar-refractivity contribution in [2.45, 2.75) is 27.7 Å². The van der Waals surface area contributed by atoms with Gasteiger partial charge in [0.25, 0.3) is 0 Å². The van der Waals surface area contributed by atoms with Gasteiger partial charge in [0.15, 0.2) is 70.7 Å². The molecule has 24 heteroatoms. The molecule has 0 bridgehead atoms. The number of fused-ring (bicyclic) bond motifs is 14. The number of nitrogens with zero attached hydrogens (tertiary/aromatic N) is 14. The standard InChI is InChI=1S/C19H20BN2O.2C18H18BN2O.C17H16BN2O.2C14H15BN3/c1-13-9-19(21(3)11-14(13)2)20-10-18-16(12-22(20)4)15-7-5-6-8-17(15)23-18;1-13-8-9-18(20(2)11-13)19-10-17-15(12-21(19)3)14-6-4-5-7-16(14)22-17;1-13-8-9-20(2)18(10-13)19-11-17-15(12-21(19)3)14-6-4-5-7-16(14)22-17;1-19-10-6-5-9-17(19)18-11-16-14(12-20(18)2)13-7-3-4-8-15(13)21-16;1-17-9-4-3-7-14(17)15-10-12-6-5-8-16-13(12)11-18(15)2;1-17-8-4-3-5-14(17)15-9-12-6-7-16-10-13(12)11-18(15)2/h5-12H,1-4H3;2*4-12H,1-3H3;3-12H,1-2H3;2*3-11H,1-2H3/q6*+1. The van der Waals surface area contributed by atoms with Crippen LogP contribution in [0.5, 0.6) is 0 Å².